The second kappa shape index (κ2) is 10.8. The third-order valence-corrected chi connectivity index (χ3v) is 6.29. The van der Waals surface area contributed by atoms with Crippen LogP contribution >= 0.6 is 39.3 Å². The van der Waals surface area contributed by atoms with Gasteiger partial charge in [-0.05, 0) is 48.9 Å². The Morgan fingerprint density at radius 3 is 2.61 bits per heavy atom. The molecule has 6 nitrogen and oxygen atoms in total. The van der Waals surface area contributed by atoms with Crippen LogP contribution in [0.3, 0.4) is 0 Å². The molecule has 3 aromatic carbocycles. The Morgan fingerprint density at radius 2 is 1.88 bits per heavy atom. The highest BCUT2D eigenvalue weighted by molar-refractivity contribution is 9.10. The largest absolute Gasteiger partial charge is 0.272 e. The molecular weight excluding hydrogens is 522 g/mol. The molecule has 9 heteroatoms. The van der Waals surface area contributed by atoms with Gasteiger partial charge in [0.05, 0.1) is 12.0 Å². The van der Waals surface area contributed by atoms with Gasteiger partial charge in [0.25, 0.3) is 5.91 Å². The van der Waals surface area contributed by atoms with Gasteiger partial charge in [-0.2, -0.15) is 5.10 Å². The van der Waals surface area contributed by atoms with E-state index in [-0.39, 0.29) is 11.7 Å². The summed E-state index contributed by atoms with van der Waals surface area (Å²) in [5.41, 5.74) is 6.37. The van der Waals surface area contributed by atoms with Gasteiger partial charge < -0.3 is 0 Å². The lowest BCUT2D eigenvalue weighted by Crippen LogP contribution is -2.20. The summed E-state index contributed by atoms with van der Waals surface area (Å²) in [5.74, 6) is 0.580. The average Bonchev–Trinajstić information content (AvgIpc) is 3.23. The summed E-state index contributed by atoms with van der Waals surface area (Å²) >= 11 is 10.8. The fourth-order valence-corrected chi connectivity index (χ4v) is 4.29. The van der Waals surface area contributed by atoms with E-state index in [4.69, 9.17) is 11.6 Å². The quantitative estimate of drug-likeness (QED) is 0.180. The molecule has 1 N–H and O–H groups in total. The average molecular weight is 541 g/mol. The number of halogens is 2. The molecule has 0 unspecified atom stereocenters. The Morgan fingerprint density at radius 1 is 1.12 bits per heavy atom. The van der Waals surface area contributed by atoms with E-state index in [1.54, 1.807) is 6.21 Å². The Kier molecular flexibility index (Phi) is 7.59. The maximum Gasteiger partial charge on any atom is 0.250 e. The van der Waals surface area contributed by atoms with Crippen molar-refractivity contribution in [3.63, 3.8) is 0 Å². The van der Waals surface area contributed by atoms with Gasteiger partial charge in [0.15, 0.2) is 11.0 Å². The second-order valence-corrected chi connectivity index (χ2v) is 9.42. The summed E-state index contributed by atoms with van der Waals surface area (Å²) in [6, 6.07) is 23.1. The van der Waals surface area contributed by atoms with E-state index >= 15 is 0 Å². The number of rotatable bonds is 7. The molecule has 166 valence electrons. The summed E-state index contributed by atoms with van der Waals surface area (Å²) in [5, 5.41) is 14.0. The number of benzene rings is 3. The van der Waals surface area contributed by atoms with Crippen LogP contribution in [0.4, 0.5) is 0 Å². The van der Waals surface area contributed by atoms with Crippen LogP contribution in [0.25, 0.3) is 17.1 Å². The van der Waals surface area contributed by atoms with Crippen LogP contribution in [0.2, 0.25) is 5.02 Å². The zero-order valence-electron chi connectivity index (χ0n) is 17.6. The first-order valence-electron chi connectivity index (χ1n) is 9.98. The van der Waals surface area contributed by atoms with Crippen molar-refractivity contribution in [2.45, 2.75) is 12.1 Å². The van der Waals surface area contributed by atoms with Crippen LogP contribution in [0.15, 0.2) is 87.5 Å². The van der Waals surface area contributed by atoms with Crippen molar-refractivity contribution < 1.29 is 4.79 Å². The van der Waals surface area contributed by atoms with Gasteiger partial charge in [-0.1, -0.05) is 81.3 Å². The number of nitrogens with one attached hydrogen (secondary N) is 1. The molecule has 0 saturated carbocycles. The number of nitrogens with zero attached hydrogens (tertiary/aromatic N) is 4. The van der Waals surface area contributed by atoms with Gasteiger partial charge in [0.1, 0.15) is 0 Å². The lowest BCUT2D eigenvalue weighted by Gasteiger charge is -2.10. The first-order valence-corrected chi connectivity index (χ1v) is 12.1. The second-order valence-electron chi connectivity index (χ2n) is 7.12. The van der Waals surface area contributed by atoms with Gasteiger partial charge in [-0.15, -0.1) is 10.2 Å². The van der Waals surface area contributed by atoms with Crippen molar-refractivity contribution >= 4 is 51.4 Å². The van der Waals surface area contributed by atoms with E-state index in [1.165, 1.54) is 11.8 Å². The Balaban J connectivity index is 1.51. The zero-order chi connectivity index (χ0) is 23.2. The molecule has 4 aromatic rings. The summed E-state index contributed by atoms with van der Waals surface area (Å²) < 4.78 is 2.86. The van der Waals surface area contributed by atoms with E-state index in [2.05, 4.69) is 36.7 Å². The van der Waals surface area contributed by atoms with Crippen molar-refractivity contribution in [1.82, 2.24) is 20.2 Å². The molecule has 1 amide bonds. The Labute approximate surface area is 209 Å². The van der Waals surface area contributed by atoms with E-state index in [1.807, 2.05) is 84.3 Å². The lowest BCUT2D eigenvalue weighted by atomic mass is 10.1. The first-order chi connectivity index (χ1) is 16.0. The van der Waals surface area contributed by atoms with E-state index in [9.17, 15) is 4.79 Å². The topological polar surface area (TPSA) is 72.2 Å². The lowest BCUT2D eigenvalue weighted by molar-refractivity contribution is -0.118. The number of thioether (sulfide) groups is 1. The smallest absolute Gasteiger partial charge is 0.250 e. The maximum atomic E-state index is 12.4. The third-order valence-electron chi connectivity index (χ3n) is 4.61. The minimum Gasteiger partial charge on any atom is -0.272 e. The molecule has 0 fully saturated rings. The number of amides is 1. The molecule has 0 aliphatic heterocycles. The van der Waals surface area contributed by atoms with Gasteiger partial charge in [-0.3, -0.25) is 9.36 Å². The Bertz CT molecular complexity index is 1290. The van der Waals surface area contributed by atoms with E-state index in [0.29, 0.717) is 16.0 Å². The highest BCUT2D eigenvalue weighted by Gasteiger charge is 2.17. The molecule has 0 radical (unpaired) electrons. The standard InChI is InChI=1S/C24H19BrClN5OS/c1-16-5-7-18(8-6-16)23-29-30-24(31(23)21-11-9-20(26)10-12-21)33-15-22(32)28-27-14-17-3-2-4-19(25)13-17/h2-14H,15H2,1H3,(H,28,32)/b27-14+. The maximum absolute atomic E-state index is 12.4. The molecule has 0 bridgehead atoms. The van der Waals surface area contributed by atoms with Crippen molar-refractivity contribution in [3.05, 3.63) is 93.4 Å². The minimum absolute atomic E-state index is 0.134. The molecular formula is C24H19BrClN5OS. The number of carbonyl (C=O) groups excluding carboxylic acids is 1. The fourth-order valence-electron chi connectivity index (χ4n) is 3.00. The molecule has 1 heterocycles. The SMILES string of the molecule is Cc1ccc(-c2nnc(SCC(=O)N/N=C/c3cccc(Br)c3)n2-c2ccc(Cl)cc2)cc1. The number of carbonyl (C=O) groups is 1. The predicted molar refractivity (Wildman–Crippen MR) is 137 cm³/mol. The van der Waals surface area contributed by atoms with Crippen LogP contribution in [0, 0.1) is 6.92 Å². The summed E-state index contributed by atoms with van der Waals surface area (Å²) in [4.78, 5) is 12.4. The number of aryl methyl sites for hydroxylation is 1. The van der Waals surface area contributed by atoms with E-state index < -0.39 is 0 Å². The van der Waals surface area contributed by atoms with Gasteiger partial charge in [-0.25, -0.2) is 5.43 Å². The van der Waals surface area contributed by atoms with Crippen LogP contribution in [0.1, 0.15) is 11.1 Å². The third kappa shape index (κ3) is 6.10. The van der Waals surface area contributed by atoms with Crippen molar-refractivity contribution in [3.8, 4) is 17.1 Å². The van der Waals surface area contributed by atoms with Crippen LogP contribution in [-0.2, 0) is 4.79 Å². The number of hydrogen-bond donors (Lipinski definition) is 1. The zero-order valence-corrected chi connectivity index (χ0v) is 20.7. The molecule has 33 heavy (non-hydrogen) atoms. The summed E-state index contributed by atoms with van der Waals surface area (Å²) in [6.45, 7) is 2.03. The normalized spacial score (nSPS) is 11.1. The van der Waals surface area contributed by atoms with Gasteiger partial charge in [0.2, 0.25) is 0 Å². The van der Waals surface area contributed by atoms with Crippen molar-refractivity contribution in [2.75, 3.05) is 5.75 Å². The number of hydrogen-bond acceptors (Lipinski definition) is 5. The fraction of sp³-hybridized carbons (Fsp3) is 0.0833. The molecule has 0 aliphatic carbocycles. The molecule has 1 aromatic heterocycles. The molecule has 0 spiro atoms. The highest BCUT2D eigenvalue weighted by atomic mass is 79.9. The van der Waals surface area contributed by atoms with Gasteiger partial charge in [0, 0.05) is 20.7 Å². The molecule has 4 rings (SSSR count). The number of aromatic nitrogens is 3. The first kappa shape index (κ1) is 23.2. The highest BCUT2D eigenvalue weighted by Crippen LogP contribution is 2.28. The summed E-state index contributed by atoms with van der Waals surface area (Å²) in [7, 11) is 0. The molecule has 0 saturated heterocycles. The van der Waals surface area contributed by atoms with Crippen LogP contribution in [0.5, 0.6) is 0 Å². The monoisotopic (exact) mass is 539 g/mol. The van der Waals surface area contributed by atoms with Crippen molar-refractivity contribution in [2.24, 2.45) is 5.10 Å². The molecule has 0 aliphatic rings. The number of hydrazone groups is 1. The minimum atomic E-state index is -0.242. The summed E-state index contributed by atoms with van der Waals surface area (Å²) in [6.07, 6.45) is 1.60. The van der Waals surface area contributed by atoms with Crippen LogP contribution in [-0.4, -0.2) is 32.6 Å². The van der Waals surface area contributed by atoms with Crippen molar-refractivity contribution in [1.29, 1.82) is 0 Å². The molecule has 0 atom stereocenters. The van der Waals surface area contributed by atoms with E-state index in [0.717, 1.165) is 26.9 Å². The van der Waals surface area contributed by atoms with Gasteiger partial charge >= 0.3 is 0 Å². The Hall–Kier alpha value is -2.94. The predicted octanol–water partition coefficient (Wildman–Crippen LogP) is 5.90. The van der Waals surface area contributed by atoms with Crippen LogP contribution < -0.4 is 5.43 Å².